The summed E-state index contributed by atoms with van der Waals surface area (Å²) in [4.78, 5) is 14.4. The molecule has 2 aliphatic rings. The summed E-state index contributed by atoms with van der Waals surface area (Å²) in [6.45, 7) is 6.17. The number of hydrogen-bond donors (Lipinski definition) is 1. The van der Waals surface area contributed by atoms with Crippen LogP contribution in [0.1, 0.15) is 26.2 Å². The van der Waals surface area contributed by atoms with Crippen LogP contribution in [0.15, 0.2) is 0 Å². The van der Waals surface area contributed by atoms with Crippen molar-refractivity contribution in [3.8, 4) is 0 Å². The van der Waals surface area contributed by atoms with E-state index in [9.17, 15) is 4.79 Å². The van der Waals surface area contributed by atoms with E-state index < -0.39 is 0 Å². The summed E-state index contributed by atoms with van der Waals surface area (Å²) in [6.07, 6.45) is 3.35. The molecule has 0 bridgehead atoms. The number of likely N-dealkylation sites (tertiary alicyclic amines) is 1. The second-order valence-corrected chi connectivity index (χ2v) is 6.50. The molecule has 112 valence electrons. The highest BCUT2D eigenvalue weighted by molar-refractivity contribution is 7.99. The minimum Gasteiger partial charge on any atom is -0.366 e. The predicted molar refractivity (Wildman–Crippen MR) is 82.2 cm³/mol. The number of amides is 1. The lowest BCUT2D eigenvalue weighted by Crippen LogP contribution is -2.50. The lowest BCUT2D eigenvalue weighted by atomic mass is 10.2. The van der Waals surface area contributed by atoms with Crippen molar-refractivity contribution in [3.63, 3.8) is 0 Å². The Labute approximate surface area is 126 Å². The molecule has 0 aromatic carbocycles. The van der Waals surface area contributed by atoms with Crippen molar-refractivity contribution >= 4 is 30.1 Å². The second kappa shape index (κ2) is 9.06. The number of thioether (sulfide) groups is 1. The summed E-state index contributed by atoms with van der Waals surface area (Å²) in [7, 11) is 0. The van der Waals surface area contributed by atoms with Crippen LogP contribution < -0.4 is 5.32 Å². The molecule has 2 aliphatic heterocycles. The molecule has 2 fully saturated rings. The number of morpholine rings is 1. The summed E-state index contributed by atoms with van der Waals surface area (Å²) in [5, 5.41) is 3.84. The average Bonchev–Trinajstić information content (AvgIpc) is 2.65. The molecule has 6 heteroatoms. The zero-order valence-corrected chi connectivity index (χ0v) is 13.2. The number of carbonyl (C=O) groups is 1. The van der Waals surface area contributed by atoms with Crippen LogP contribution in [-0.4, -0.2) is 60.7 Å². The SMILES string of the molecule is CCSC1CCCCN(C(=O)C2CNCCO2)C1.Cl. The molecule has 0 aliphatic carbocycles. The molecule has 2 atom stereocenters. The van der Waals surface area contributed by atoms with Gasteiger partial charge in [0.15, 0.2) is 0 Å². The Morgan fingerprint density at radius 1 is 1.47 bits per heavy atom. The lowest BCUT2D eigenvalue weighted by molar-refractivity contribution is -0.145. The van der Waals surface area contributed by atoms with Gasteiger partial charge in [-0.1, -0.05) is 13.3 Å². The van der Waals surface area contributed by atoms with Crippen LogP contribution in [0.3, 0.4) is 0 Å². The van der Waals surface area contributed by atoms with Gasteiger partial charge in [-0.3, -0.25) is 4.79 Å². The van der Waals surface area contributed by atoms with Gasteiger partial charge < -0.3 is 15.0 Å². The van der Waals surface area contributed by atoms with Crippen molar-refractivity contribution in [2.75, 3.05) is 38.5 Å². The molecule has 2 unspecified atom stereocenters. The Morgan fingerprint density at radius 3 is 3.00 bits per heavy atom. The van der Waals surface area contributed by atoms with Crippen LogP contribution in [0, 0.1) is 0 Å². The third-order valence-corrected chi connectivity index (χ3v) is 4.73. The molecular weight excluding hydrogens is 284 g/mol. The van der Waals surface area contributed by atoms with Crippen LogP contribution in [0.25, 0.3) is 0 Å². The fourth-order valence-electron chi connectivity index (χ4n) is 2.60. The van der Waals surface area contributed by atoms with Crippen molar-refractivity contribution < 1.29 is 9.53 Å². The standard InChI is InChI=1S/C13H24N2O2S.ClH/c1-2-18-11-5-3-4-7-15(10-11)13(16)12-9-14-6-8-17-12;/h11-12,14H,2-10H2,1H3;1H. The first-order valence-electron chi connectivity index (χ1n) is 7.04. The minimum atomic E-state index is -0.260. The number of nitrogens with one attached hydrogen (secondary N) is 1. The number of halogens is 1. The Morgan fingerprint density at radius 2 is 2.32 bits per heavy atom. The van der Waals surface area contributed by atoms with E-state index in [2.05, 4.69) is 12.2 Å². The van der Waals surface area contributed by atoms with Crippen LogP contribution in [0.5, 0.6) is 0 Å². The smallest absolute Gasteiger partial charge is 0.253 e. The first-order valence-corrected chi connectivity index (χ1v) is 8.09. The molecule has 0 saturated carbocycles. The maximum atomic E-state index is 12.4. The number of rotatable bonds is 3. The number of ether oxygens (including phenoxy) is 1. The van der Waals surface area contributed by atoms with E-state index in [1.165, 1.54) is 12.8 Å². The van der Waals surface area contributed by atoms with Gasteiger partial charge in [-0.2, -0.15) is 11.8 Å². The van der Waals surface area contributed by atoms with Crippen molar-refractivity contribution in [2.24, 2.45) is 0 Å². The molecule has 0 spiro atoms. The van der Waals surface area contributed by atoms with Gasteiger partial charge in [-0.25, -0.2) is 0 Å². The molecule has 0 aromatic rings. The van der Waals surface area contributed by atoms with Gasteiger partial charge in [0.2, 0.25) is 0 Å². The quantitative estimate of drug-likeness (QED) is 0.858. The Balaban J connectivity index is 0.00000180. The van der Waals surface area contributed by atoms with E-state index in [0.717, 1.165) is 31.8 Å². The molecule has 2 heterocycles. The molecule has 1 amide bonds. The summed E-state index contributed by atoms with van der Waals surface area (Å²) >= 11 is 1.98. The van der Waals surface area contributed by atoms with Gasteiger partial charge in [0, 0.05) is 31.4 Å². The van der Waals surface area contributed by atoms with Gasteiger partial charge in [-0.05, 0) is 18.6 Å². The Kier molecular flexibility index (Phi) is 8.14. The molecular formula is C13H25ClN2O2S. The van der Waals surface area contributed by atoms with E-state index in [1.807, 2.05) is 16.7 Å². The fourth-order valence-corrected chi connectivity index (χ4v) is 3.69. The molecule has 2 rings (SSSR count). The highest BCUT2D eigenvalue weighted by Crippen LogP contribution is 2.22. The minimum absolute atomic E-state index is 0. The zero-order valence-electron chi connectivity index (χ0n) is 11.6. The Bertz CT molecular complexity index is 275. The van der Waals surface area contributed by atoms with Crippen LogP contribution >= 0.6 is 24.2 Å². The van der Waals surface area contributed by atoms with Crippen molar-refractivity contribution in [1.82, 2.24) is 10.2 Å². The summed E-state index contributed by atoms with van der Waals surface area (Å²) in [6, 6.07) is 0. The third-order valence-electron chi connectivity index (χ3n) is 3.55. The summed E-state index contributed by atoms with van der Waals surface area (Å²) in [5.74, 6) is 1.32. The van der Waals surface area contributed by atoms with Crippen LogP contribution in [-0.2, 0) is 9.53 Å². The maximum Gasteiger partial charge on any atom is 0.253 e. The number of carbonyl (C=O) groups excluding carboxylic acids is 1. The monoisotopic (exact) mass is 308 g/mol. The van der Waals surface area contributed by atoms with E-state index >= 15 is 0 Å². The second-order valence-electron chi connectivity index (χ2n) is 4.92. The summed E-state index contributed by atoms with van der Waals surface area (Å²) < 4.78 is 5.57. The van der Waals surface area contributed by atoms with Gasteiger partial charge in [0.25, 0.3) is 5.91 Å². The van der Waals surface area contributed by atoms with E-state index in [-0.39, 0.29) is 24.4 Å². The highest BCUT2D eigenvalue weighted by Gasteiger charge is 2.29. The zero-order chi connectivity index (χ0) is 12.8. The maximum absolute atomic E-state index is 12.4. The average molecular weight is 309 g/mol. The number of hydrogen-bond acceptors (Lipinski definition) is 4. The molecule has 0 radical (unpaired) electrons. The predicted octanol–water partition coefficient (Wildman–Crippen LogP) is 1.53. The molecule has 0 aromatic heterocycles. The van der Waals surface area contributed by atoms with Gasteiger partial charge >= 0.3 is 0 Å². The van der Waals surface area contributed by atoms with E-state index in [1.54, 1.807) is 0 Å². The normalized spacial score (nSPS) is 28.4. The van der Waals surface area contributed by atoms with Gasteiger partial charge in [0.1, 0.15) is 6.10 Å². The summed E-state index contributed by atoms with van der Waals surface area (Å²) in [5.41, 5.74) is 0. The highest BCUT2D eigenvalue weighted by atomic mass is 35.5. The largest absolute Gasteiger partial charge is 0.366 e. The van der Waals surface area contributed by atoms with Gasteiger partial charge in [-0.15, -0.1) is 12.4 Å². The first kappa shape index (κ1) is 17.1. The molecule has 1 N–H and O–H groups in total. The lowest BCUT2D eigenvalue weighted by Gasteiger charge is -2.30. The van der Waals surface area contributed by atoms with Crippen molar-refractivity contribution in [3.05, 3.63) is 0 Å². The number of nitrogens with zero attached hydrogens (tertiary/aromatic N) is 1. The van der Waals surface area contributed by atoms with Crippen molar-refractivity contribution in [1.29, 1.82) is 0 Å². The van der Waals surface area contributed by atoms with Crippen molar-refractivity contribution in [2.45, 2.75) is 37.5 Å². The Hall–Kier alpha value is 0.0300. The fraction of sp³-hybridized carbons (Fsp3) is 0.923. The topological polar surface area (TPSA) is 41.6 Å². The van der Waals surface area contributed by atoms with Crippen LogP contribution in [0.2, 0.25) is 0 Å². The van der Waals surface area contributed by atoms with Crippen LogP contribution in [0.4, 0.5) is 0 Å². The molecule has 2 saturated heterocycles. The molecule has 19 heavy (non-hydrogen) atoms. The third kappa shape index (κ3) is 5.14. The molecule has 4 nitrogen and oxygen atoms in total. The van der Waals surface area contributed by atoms with E-state index in [4.69, 9.17) is 4.74 Å². The first-order chi connectivity index (χ1) is 8.81. The van der Waals surface area contributed by atoms with E-state index in [0.29, 0.717) is 18.4 Å². The van der Waals surface area contributed by atoms with Gasteiger partial charge in [0.05, 0.1) is 6.61 Å².